The summed E-state index contributed by atoms with van der Waals surface area (Å²) in [6, 6.07) is 2.58. The highest BCUT2D eigenvalue weighted by atomic mass is 19.4. The molecule has 0 spiro atoms. The zero-order valence-corrected chi connectivity index (χ0v) is 13.5. The zero-order valence-electron chi connectivity index (χ0n) is 13.5. The van der Waals surface area contributed by atoms with Crippen LogP contribution in [-0.2, 0) is 11.8 Å². The van der Waals surface area contributed by atoms with Crippen LogP contribution >= 0.6 is 0 Å². The monoisotopic (exact) mass is 377 g/mol. The van der Waals surface area contributed by atoms with Crippen LogP contribution in [0.1, 0.15) is 28.7 Å². The van der Waals surface area contributed by atoms with E-state index >= 15 is 0 Å². The van der Waals surface area contributed by atoms with Crippen molar-refractivity contribution in [1.29, 1.82) is 0 Å². The molecule has 142 valence electrons. The number of aromatic amines is 1. The van der Waals surface area contributed by atoms with Gasteiger partial charge in [0.15, 0.2) is 12.4 Å². The molecule has 0 bridgehead atoms. The van der Waals surface area contributed by atoms with Gasteiger partial charge in [-0.3, -0.25) is 14.6 Å². The largest absolute Gasteiger partial charge is 0.467 e. The van der Waals surface area contributed by atoms with Crippen molar-refractivity contribution in [3.05, 3.63) is 23.5 Å². The molecule has 2 aromatic heterocycles. The normalized spacial score (nSPS) is 20.3. The summed E-state index contributed by atoms with van der Waals surface area (Å²) in [4.78, 5) is 12.2. The number of hydrogen-bond donors (Lipinski definition) is 2. The average molecular weight is 377 g/mol. The molecule has 26 heavy (non-hydrogen) atoms. The summed E-state index contributed by atoms with van der Waals surface area (Å²) in [5.74, 6) is -0.809. The second-order valence-electron chi connectivity index (χ2n) is 5.71. The van der Waals surface area contributed by atoms with Gasteiger partial charge < -0.3 is 14.8 Å². The van der Waals surface area contributed by atoms with Crippen LogP contribution in [0.2, 0.25) is 0 Å². The average Bonchev–Trinajstić information content (AvgIpc) is 3.24. The molecule has 12 heteroatoms. The Morgan fingerprint density at radius 1 is 1.50 bits per heavy atom. The lowest BCUT2D eigenvalue weighted by molar-refractivity contribution is -0.154. The van der Waals surface area contributed by atoms with Crippen LogP contribution in [0.15, 0.2) is 12.1 Å². The number of aromatic nitrogens is 4. The lowest BCUT2D eigenvalue weighted by atomic mass is 10.2. The van der Waals surface area contributed by atoms with E-state index in [0.717, 1.165) is 10.7 Å². The molecule has 1 aliphatic heterocycles. The van der Waals surface area contributed by atoms with Gasteiger partial charge in [-0.1, -0.05) is 0 Å². The summed E-state index contributed by atoms with van der Waals surface area (Å²) in [5, 5.41) is 12.7. The van der Waals surface area contributed by atoms with Gasteiger partial charge in [0, 0.05) is 25.6 Å². The van der Waals surface area contributed by atoms with E-state index in [9.17, 15) is 22.4 Å². The van der Waals surface area contributed by atoms with Crippen molar-refractivity contribution < 1.29 is 31.8 Å². The lowest BCUT2D eigenvalue weighted by Gasteiger charge is -2.05. The molecule has 2 unspecified atom stereocenters. The smallest absolute Gasteiger partial charge is 0.422 e. The Bertz CT molecular complexity index is 788. The van der Waals surface area contributed by atoms with Gasteiger partial charge in [-0.25, -0.2) is 4.39 Å². The molecule has 1 aliphatic rings. The summed E-state index contributed by atoms with van der Waals surface area (Å²) in [7, 11) is 1.39. The Balaban J connectivity index is 1.63. The third kappa shape index (κ3) is 4.31. The molecule has 3 heterocycles. The maximum Gasteiger partial charge on any atom is 0.422 e. The minimum absolute atomic E-state index is 0.00109. The zero-order chi connectivity index (χ0) is 18.9. The molecule has 0 aliphatic carbocycles. The standard InChI is InChI=1S/C14H15F4N5O3/c1-23-9(4-12(22-23)26-6-14(16,17)18)13(24)19-11-3-8(20-21-11)10-2-7(15)5-25-10/h3-4,7,10H,2,5-6H2,1H3,(H2,19,20,21,24). The molecule has 3 rings (SSSR count). The predicted molar refractivity (Wildman–Crippen MR) is 79.5 cm³/mol. The molecular weight excluding hydrogens is 362 g/mol. The van der Waals surface area contributed by atoms with E-state index in [2.05, 4.69) is 25.3 Å². The fourth-order valence-corrected chi connectivity index (χ4v) is 2.43. The molecule has 0 radical (unpaired) electrons. The molecule has 0 saturated carbocycles. The van der Waals surface area contributed by atoms with Gasteiger partial charge in [0.2, 0.25) is 5.88 Å². The Kier molecular flexibility index (Phi) is 4.85. The maximum atomic E-state index is 13.2. The quantitative estimate of drug-likeness (QED) is 0.779. The lowest BCUT2D eigenvalue weighted by Crippen LogP contribution is -2.19. The molecule has 1 fully saturated rings. The first-order chi connectivity index (χ1) is 12.2. The first-order valence-electron chi connectivity index (χ1n) is 7.57. The summed E-state index contributed by atoms with van der Waals surface area (Å²) >= 11 is 0. The van der Waals surface area contributed by atoms with E-state index in [1.807, 2.05) is 0 Å². The van der Waals surface area contributed by atoms with Crippen molar-refractivity contribution in [2.45, 2.75) is 24.9 Å². The maximum absolute atomic E-state index is 13.2. The van der Waals surface area contributed by atoms with Gasteiger partial charge in [-0.2, -0.15) is 18.3 Å². The Morgan fingerprint density at radius 2 is 2.27 bits per heavy atom. The number of aryl methyl sites for hydroxylation is 1. The van der Waals surface area contributed by atoms with Crippen molar-refractivity contribution in [2.75, 3.05) is 18.5 Å². The second kappa shape index (κ2) is 6.94. The van der Waals surface area contributed by atoms with Gasteiger partial charge >= 0.3 is 6.18 Å². The van der Waals surface area contributed by atoms with Crippen LogP contribution in [0, 0.1) is 0 Å². The highest BCUT2D eigenvalue weighted by molar-refractivity contribution is 6.02. The number of carbonyl (C=O) groups excluding carboxylic acids is 1. The fourth-order valence-electron chi connectivity index (χ4n) is 2.43. The third-order valence-electron chi connectivity index (χ3n) is 3.61. The van der Waals surface area contributed by atoms with E-state index < -0.39 is 31.0 Å². The van der Waals surface area contributed by atoms with Crippen LogP contribution in [-0.4, -0.2) is 51.4 Å². The molecular formula is C14H15F4N5O3. The highest BCUT2D eigenvalue weighted by Gasteiger charge is 2.30. The predicted octanol–water partition coefficient (Wildman–Crippen LogP) is 2.14. The van der Waals surface area contributed by atoms with Crippen molar-refractivity contribution in [2.24, 2.45) is 7.05 Å². The number of anilines is 1. The van der Waals surface area contributed by atoms with Crippen LogP contribution in [0.3, 0.4) is 0 Å². The molecule has 1 saturated heterocycles. The molecule has 8 nitrogen and oxygen atoms in total. The second-order valence-corrected chi connectivity index (χ2v) is 5.71. The van der Waals surface area contributed by atoms with Crippen molar-refractivity contribution in [3.63, 3.8) is 0 Å². The summed E-state index contributed by atoms with van der Waals surface area (Å²) < 4.78 is 60.5. The molecule has 2 N–H and O–H groups in total. The number of ether oxygens (including phenoxy) is 2. The van der Waals surface area contributed by atoms with E-state index in [1.165, 1.54) is 13.1 Å². The Labute approximate surface area is 144 Å². The number of halogens is 4. The van der Waals surface area contributed by atoms with Crippen LogP contribution in [0.4, 0.5) is 23.4 Å². The van der Waals surface area contributed by atoms with Crippen molar-refractivity contribution >= 4 is 11.7 Å². The first kappa shape index (κ1) is 18.2. The van der Waals surface area contributed by atoms with Gasteiger partial charge in [0.05, 0.1) is 12.3 Å². The van der Waals surface area contributed by atoms with E-state index in [0.29, 0.717) is 5.69 Å². The number of hydrogen-bond acceptors (Lipinski definition) is 5. The van der Waals surface area contributed by atoms with E-state index in [4.69, 9.17) is 4.74 Å². The molecule has 2 aromatic rings. The molecule has 0 aromatic carbocycles. The number of rotatable bonds is 5. The summed E-state index contributed by atoms with van der Waals surface area (Å²) in [6.45, 7) is -1.51. The third-order valence-corrected chi connectivity index (χ3v) is 3.61. The minimum Gasteiger partial charge on any atom is -0.467 e. The first-order valence-corrected chi connectivity index (χ1v) is 7.57. The van der Waals surface area contributed by atoms with Crippen LogP contribution < -0.4 is 10.1 Å². The van der Waals surface area contributed by atoms with Gasteiger partial charge in [-0.05, 0) is 0 Å². The number of alkyl halides is 4. The highest BCUT2D eigenvalue weighted by Crippen LogP contribution is 2.30. The van der Waals surface area contributed by atoms with Crippen LogP contribution in [0.5, 0.6) is 5.88 Å². The van der Waals surface area contributed by atoms with Gasteiger partial charge in [-0.15, -0.1) is 5.10 Å². The molecule has 2 atom stereocenters. The van der Waals surface area contributed by atoms with E-state index in [1.54, 1.807) is 0 Å². The van der Waals surface area contributed by atoms with Crippen molar-refractivity contribution in [3.8, 4) is 5.88 Å². The molecule has 1 amide bonds. The minimum atomic E-state index is -4.51. The number of nitrogens with one attached hydrogen (secondary N) is 2. The van der Waals surface area contributed by atoms with Gasteiger partial charge in [0.1, 0.15) is 18.0 Å². The number of H-pyrrole nitrogens is 1. The number of amides is 1. The number of nitrogens with zero attached hydrogens (tertiary/aromatic N) is 3. The fraction of sp³-hybridized carbons (Fsp3) is 0.500. The van der Waals surface area contributed by atoms with Crippen LogP contribution in [0.25, 0.3) is 0 Å². The Hall–Kier alpha value is -2.63. The van der Waals surface area contributed by atoms with Gasteiger partial charge in [0.25, 0.3) is 5.91 Å². The summed E-state index contributed by atoms with van der Waals surface area (Å²) in [5.41, 5.74) is 0.493. The van der Waals surface area contributed by atoms with E-state index in [-0.39, 0.29) is 30.4 Å². The Morgan fingerprint density at radius 3 is 2.92 bits per heavy atom. The topological polar surface area (TPSA) is 94.1 Å². The number of carbonyl (C=O) groups is 1. The SMILES string of the molecule is Cn1nc(OCC(F)(F)F)cc1C(=O)Nc1cc(C2CC(F)CO2)[nH]n1. The van der Waals surface area contributed by atoms with Crippen molar-refractivity contribution in [1.82, 2.24) is 20.0 Å². The summed E-state index contributed by atoms with van der Waals surface area (Å²) in [6.07, 6.45) is -5.84.